The molecule has 0 heterocycles. The first-order chi connectivity index (χ1) is 12.8. The Kier molecular flexibility index (Phi) is 7.13. The van der Waals surface area contributed by atoms with Crippen molar-refractivity contribution in [2.75, 3.05) is 25.0 Å². The zero-order valence-electron chi connectivity index (χ0n) is 16.0. The monoisotopic (exact) mass is 380 g/mol. The van der Waals surface area contributed by atoms with Crippen molar-refractivity contribution in [3.05, 3.63) is 58.7 Å². The van der Waals surface area contributed by atoms with Gasteiger partial charge in [-0.1, -0.05) is 32.0 Å². The lowest BCUT2D eigenvalue weighted by Crippen LogP contribution is -2.13. The van der Waals surface area contributed by atoms with Crippen molar-refractivity contribution in [3.63, 3.8) is 0 Å². The molecular formula is C21H27F3N2O. The molecule has 3 N–H and O–H groups in total. The van der Waals surface area contributed by atoms with Crippen LogP contribution in [0.1, 0.15) is 48.9 Å². The molecule has 0 spiro atoms. The van der Waals surface area contributed by atoms with E-state index in [1.54, 1.807) is 6.07 Å². The summed E-state index contributed by atoms with van der Waals surface area (Å²) in [7, 11) is 0. The standard InChI is InChI=1S/C21H27F3N2O/c1-4-26-20-8-5-15(12-18(20)14(2)3)11-16-6-7-17(27-10-9-25)13-19(16)21(22,23)24/h5-8,12-14,26H,4,9-11,25H2,1-3H3. The minimum Gasteiger partial charge on any atom is -0.492 e. The van der Waals surface area contributed by atoms with E-state index in [0.717, 1.165) is 29.4 Å². The average Bonchev–Trinajstić information content (AvgIpc) is 2.61. The fraction of sp³-hybridized carbons (Fsp3) is 0.429. The van der Waals surface area contributed by atoms with E-state index in [2.05, 4.69) is 19.2 Å². The van der Waals surface area contributed by atoms with E-state index >= 15 is 0 Å². The average molecular weight is 380 g/mol. The van der Waals surface area contributed by atoms with Crippen LogP contribution < -0.4 is 15.8 Å². The van der Waals surface area contributed by atoms with Gasteiger partial charge in [0.15, 0.2) is 0 Å². The van der Waals surface area contributed by atoms with Gasteiger partial charge in [0.05, 0.1) is 5.56 Å². The third-order valence-electron chi connectivity index (χ3n) is 4.27. The number of hydrogen-bond donors (Lipinski definition) is 2. The van der Waals surface area contributed by atoms with Crippen LogP contribution in [-0.4, -0.2) is 19.7 Å². The van der Waals surface area contributed by atoms with Crippen molar-refractivity contribution in [3.8, 4) is 5.75 Å². The first-order valence-electron chi connectivity index (χ1n) is 9.16. The molecule has 0 aliphatic rings. The second-order valence-corrected chi connectivity index (χ2v) is 6.74. The summed E-state index contributed by atoms with van der Waals surface area (Å²) in [6.45, 7) is 7.39. The van der Waals surface area contributed by atoms with Crippen molar-refractivity contribution in [2.45, 2.75) is 39.3 Å². The van der Waals surface area contributed by atoms with Crippen molar-refractivity contribution >= 4 is 5.69 Å². The predicted molar refractivity (Wildman–Crippen MR) is 103 cm³/mol. The quantitative estimate of drug-likeness (QED) is 0.663. The number of alkyl halides is 3. The third-order valence-corrected chi connectivity index (χ3v) is 4.27. The van der Waals surface area contributed by atoms with Crippen LogP contribution >= 0.6 is 0 Å². The molecule has 0 bridgehead atoms. The summed E-state index contributed by atoms with van der Waals surface area (Å²) in [6.07, 6.45) is -4.24. The van der Waals surface area contributed by atoms with Crippen LogP contribution in [0.5, 0.6) is 5.75 Å². The van der Waals surface area contributed by atoms with E-state index in [4.69, 9.17) is 10.5 Å². The van der Waals surface area contributed by atoms with Crippen molar-refractivity contribution in [1.29, 1.82) is 0 Å². The summed E-state index contributed by atoms with van der Waals surface area (Å²) in [5.74, 6) is 0.454. The van der Waals surface area contributed by atoms with Gasteiger partial charge in [0.2, 0.25) is 0 Å². The van der Waals surface area contributed by atoms with E-state index in [0.29, 0.717) is 0 Å². The van der Waals surface area contributed by atoms with Gasteiger partial charge in [-0.3, -0.25) is 0 Å². The van der Waals surface area contributed by atoms with Crippen molar-refractivity contribution < 1.29 is 17.9 Å². The van der Waals surface area contributed by atoms with Crippen LogP contribution in [0.3, 0.4) is 0 Å². The molecular weight excluding hydrogens is 353 g/mol. The molecule has 2 aromatic carbocycles. The molecule has 0 saturated carbocycles. The highest BCUT2D eigenvalue weighted by atomic mass is 19.4. The zero-order valence-corrected chi connectivity index (χ0v) is 16.0. The van der Waals surface area contributed by atoms with Crippen LogP contribution in [-0.2, 0) is 12.6 Å². The summed E-state index contributed by atoms with van der Waals surface area (Å²) in [6, 6.07) is 9.92. The Labute approximate surface area is 158 Å². The second kappa shape index (κ2) is 9.13. The van der Waals surface area contributed by atoms with Crippen molar-refractivity contribution in [2.24, 2.45) is 5.73 Å². The Morgan fingerprint density at radius 1 is 1.11 bits per heavy atom. The molecule has 2 rings (SSSR count). The van der Waals surface area contributed by atoms with Gasteiger partial charge in [-0.2, -0.15) is 13.2 Å². The molecule has 2 aromatic rings. The largest absolute Gasteiger partial charge is 0.492 e. The predicted octanol–water partition coefficient (Wildman–Crippen LogP) is 5.19. The molecule has 0 fully saturated rings. The fourth-order valence-electron chi connectivity index (χ4n) is 3.01. The van der Waals surface area contributed by atoms with Gasteiger partial charge in [0.1, 0.15) is 12.4 Å². The van der Waals surface area contributed by atoms with Gasteiger partial charge in [-0.15, -0.1) is 0 Å². The second-order valence-electron chi connectivity index (χ2n) is 6.74. The number of nitrogens with one attached hydrogen (secondary N) is 1. The lowest BCUT2D eigenvalue weighted by Gasteiger charge is -2.18. The normalized spacial score (nSPS) is 11.7. The first-order valence-corrected chi connectivity index (χ1v) is 9.16. The third kappa shape index (κ3) is 5.63. The Morgan fingerprint density at radius 2 is 1.85 bits per heavy atom. The van der Waals surface area contributed by atoms with Gasteiger partial charge in [0.25, 0.3) is 0 Å². The SMILES string of the molecule is CCNc1ccc(Cc2ccc(OCCN)cc2C(F)(F)F)cc1C(C)C. The van der Waals surface area contributed by atoms with Gasteiger partial charge in [0, 0.05) is 18.8 Å². The fourth-order valence-corrected chi connectivity index (χ4v) is 3.01. The lowest BCUT2D eigenvalue weighted by atomic mass is 9.94. The van der Waals surface area contributed by atoms with Crippen LogP contribution in [0.4, 0.5) is 18.9 Å². The molecule has 0 aromatic heterocycles. The van der Waals surface area contributed by atoms with E-state index in [-0.39, 0.29) is 36.8 Å². The number of ether oxygens (including phenoxy) is 1. The molecule has 0 aliphatic carbocycles. The lowest BCUT2D eigenvalue weighted by molar-refractivity contribution is -0.138. The number of anilines is 1. The molecule has 0 atom stereocenters. The summed E-state index contributed by atoms with van der Waals surface area (Å²) in [5.41, 5.74) is 7.89. The maximum absolute atomic E-state index is 13.5. The minimum atomic E-state index is -4.44. The van der Waals surface area contributed by atoms with Crippen LogP contribution in [0, 0.1) is 0 Å². The smallest absolute Gasteiger partial charge is 0.416 e. The number of rotatable bonds is 8. The highest BCUT2D eigenvalue weighted by molar-refractivity contribution is 5.55. The van der Waals surface area contributed by atoms with E-state index in [1.807, 2.05) is 25.1 Å². The number of nitrogens with two attached hydrogens (primary N) is 1. The number of benzene rings is 2. The Hall–Kier alpha value is -2.21. The number of halogens is 3. The molecule has 6 heteroatoms. The van der Waals surface area contributed by atoms with Gasteiger partial charge >= 0.3 is 6.18 Å². The van der Waals surface area contributed by atoms with Gasteiger partial charge in [-0.05, 0) is 54.2 Å². The molecule has 0 unspecified atom stereocenters. The highest BCUT2D eigenvalue weighted by Gasteiger charge is 2.33. The molecule has 27 heavy (non-hydrogen) atoms. The van der Waals surface area contributed by atoms with E-state index in [9.17, 15) is 13.2 Å². The Balaban J connectivity index is 2.37. The topological polar surface area (TPSA) is 47.3 Å². The summed E-state index contributed by atoms with van der Waals surface area (Å²) >= 11 is 0. The van der Waals surface area contributed by atoms with Crippen molar-refractivity contribution in [1.82, 2.24) is 0 Å². The maximum Gasteiger partial charge on any atom is 0.416 e. The molecule has 0 amide bonds. The molecule has 0 aliphatic heterocycles. The molecule has 0 saturated heterocycles. The molecule has 3 nitrogen and oxygen atoms in total. The summed E-state index contributed by atoms with van der Waals surface area (Å²) < 4.78 is 45.9. The molecule has 0 radical (unpaired) electrons. The van der Waals surface area contributed by atoms with E-state index in [1.165, 1.54) is 6.07 Å². The van der Waals surface area contributed by atoms with Crippen LogP contribution in [0.15, 0.2) is 36.4 Å². The first kappa shape index (κ1) is 21.1. The Morgan fingerprint density at radius 3 is 2.44 bits per heavy atom. The molecule has 148 valence electrons. The van der Waals surface area contributed by atoms with Gasteiger partial charge < -0.3 is 15.8 Å². The Bertz CT molecular complexity index is 758. The summed E-state index contributed by atoms with van der Waals surface area (Å²) in [5, 5.41) is 3.30. The zero-order chi connectivity index (χ0) is 20.0. The van der Waals surface area contributed by atoms with Crippen LogP contribution in [0.2, 0.25) is 0 Å². The number of hydrogen-bond acceptors (Lipinski definition) is 3. The minimum absolute atomic E-state index is 0.181. The maximum atomic E-state index is 13.5. The summed E-state index contributed by atoms with van der Waals surface area (Å²) in [4.78, 5) is 0. The highest BCUT2D eigenvalue weighted by Crippen LogP contribution is 2.36. The van der Waals surface area contributed by atoms with E-state index < -0.39 is 11.7 Å². The van der Waals surface area contributed by atoms with Crippen LogP contribution in [0.25, 0.3) is 0 Å². The van der Waals surface area contributed by atoms with Gasteiger partial charge in [-0.25, -0.2) is 0 Å².